The van der Waals surface area contributed by atoms with Crippen molar-refractivity contribution in [2.24, 2.45) is 0 Å². The molecule has 0 unspecified atom stereocenters. The van der Waals surface area contributed by atoms with Crippen LogP contribution < -0.4 is 10.1 Å². The lowest BCUT2D eigenvalue weighted by Crippen LogP contribution is -2.27. The summed E-state index contributed by atoms with van der Waals surface area (Å²) in [4.78, 5) is 38.1. The first-order valence-corrected chi connectivity index (χ1v) is 9.27. The summed E-state index contributed by atoms with van der Waals surface area (Å²) in [5.41, 5.74) is 3.57. The Labute approximate surface area is 164 Å². The molecule has 7 nitrogen and oxygen atoms in total. The zero-order chi connectivity index (χ0) is 20.7. The zero-order valence-electron chi connectivity index (χ0n) is 16.4. The molecule has 0 aliphatic heterocycles. The van der Waals surface area contributed by atoms with E-state index in [0.29, 0.717) is 36.4 Å². The number of benzene rings is 1. The van der Waals surface area contributed by atoms with Crippen LogP contribution in [0.2, 0.25) is 0 Å². The van der Waals surface area contributed by atoms with Crippen LogP contribution in [0, 0.1) is 6.92 Å². The van der Waals surface area contributed by atoms with E-state index in [1.807, 2.05) is 19.1 Å². The van der Waals surface area contributed by atoms with Gasteiger partial charge in [-0.2, -0.15) is 0 Å². The number of hydrogen-bond acceptors (Lipinski definition) is 4. The van der Waals surface area contributed by atoms with Crippen LogP contribution in [-0.2, 0) is 17.6 Å². The molecule has 1 aromatic heterocycles. The topological polar surface area (TPSA) is 108 Å². The Bertz CT molecular complexity index is 852. The van der Waals surface area contributed by atoms with E-state index in [-0.39, 0.29) is 18.3 Å². The summed E-state index contributed by atoms with van der Waals surface area (Å²) in [6.07, 6.45) is 2.13. The number of carbonyl (C=O) groups excluding carboxylic acids is 2. The van der Waals surface area contributed by atoms with Crippen molar-refractivity contribution < 1.29 is 24.2 Å². The summed E-state index contributed by atoms with van der Waals surface area (Å²) in [5.74, 6) is -0.804. The number of aromatic amines is 1. The number of aliphatic carboxylic acids is 1. The van der Waals surface area contributed by atoms with Crippen molar-refractivity contribution in [1.82, 2.24) is 10.3 Å². The van der Waals surface area contributed by atoms with Crippen molar-refractivity contribution in [2.75, 3.05) is 13.2 Å². The van der Waals surface area contributed by atoms with E-state index in [1.165, 1.54) is 6.92 Å². The summed E-state index contributed by atoms with van der Waals surface area (Å²) >= 11 is 0. The maximum Gasteiger partial charge on any atom is 0.341 e. The molecule has 1 aromatic carbocycles. The average Bonchev–Trinajstić information content (AvgIpc) is 2.97. The van der Waals surface area contributed by atoms with Crippen LogP contribution in [0.15, 0.2) is 24.3 Å². The minimum atomic E-state index is -1.03. The second kappa shape index (κ2) is 9.73. The quantitative estimate of drug-likeness (QED) is 0.544. The number of ketones is 1. The van der Waals surface area contributed by atoms with Crippen molar-refractivity contribution in [2.45, 2.75) is 40.0 Å². The summed E-state index contributed by atoms with van der Waals surface area (Å²) in [6, 6.07) is 7.07. The van der Waals surface area contributed by atoms with Crippen LogP contribution in [0.1, 0.15) is 57.9 Å². The number of carboxylic acids is 1. The van der Waals surface area contributed by atoms with Gasteiger partial charge in [0.05, 0.1) is 0 Å². The molecular formula is C21H26N2O5. The number of ether oxygens (including phenoxy) is 1. The van der Waals surface area contributed by atoms with Gasteiger partial charge in [-0.15, -0.1) is 0 Å². The van der Waals surface area contributed by atoms with E-state index in [1.54, 1.807) is 19.1 Å². The molecule has 0 radical (unpaired) electrons. The molecule has 3 N–H and O–H groups in total. The molecule has 28 heavy (non-hydrogen) atoms. The molecule has 1 heterocycles. The Morgan fingerprint density at radius 3 is 2.39 bits per heavy atom. The van der Waals surface area contributed by atoms with Crippen LogP contribution in [0.4, 0.5) is 0 Å². The zero-order valence-corrected chi connectivity index (χ0v) is 16.4. The van der Waals surface area contributed by atoms with Gasteiger partial charge in [-0.05, 0) is 49.9 Å². The standard InChI is InChI=1S/C21H26N2O5/c1-4-5-17-19(14(3)24)13(2)23-20(17)21(27)22-11-10-15-6-8-16(9-7-15)28-12-18(25)26/h6-9,23H,4-5,10-12H2,1-3H3,(H,22,27)(H,25,26). The van der Waals surface area contributed by atoms with Crippen LogP contribution in [0.25, 0.3) is 0 Å². The molecule has 0 aliphatic rings. The third-order valence-corrected chi connectivity index (χ3v) is 4.36. The number of carboxylic acid groups (broad SMARTS) is 1. The van der Waals surface area contributed by atoms with Gasteiger partial charge in [-0.25, -0.2) is 4.79 Å². The van der Waals surface area contributed by atoms with E-state index < -0.39 is 5.97 Å². The monoisotopic (exact) mass is 386 g/mol. The van der Waals surface area contributed by atoms with Crippen LogP contribution in [-0.4, -0.2) is 40.9 Å². The number of hydrogen-bond donors (Lipinski definition) is 3. The Morgan fingerprint density at radius 1 is 1.14 bits per heavy atom. The molecule has 0 bridgehead atoms. The van der Waals surface area contributed by atoms with E-state index in [9.17, 15) is 14.4 Å². The fraction of sp³-hybridized carbons (Fsp3) is 0.381. The van der Waals surface area contributed by atoms with Gasteiger partial charge in [-0.1, -0.05) is 25.5 Å². The van der Waals surface area contributed by atoms with Crippen molar-refractivity contribution >= 4 is 17.7 Å². The summed E-state index contributed by atoms with van der Waals surface area (Å²) in [7, 11) is 0. The Kier molecular flexibility index (Phi) is 7.37. The van der Waals surface area contributed by atoms with E-state index >= 15 is 0 Å². The number of nitrogens with one attached hydrogen (secondary N) is 2. The van der Waals surface area contributed by atoms with E-state index in [0.717, 1.165) is 23.2 Å². The van der Waals surface area contributed by atoms with Gasteiger partial charge in [-0.3, -0.25) is 9.59 Å². The van der Waals surface area contributed by atoms with E-state index in [4.69, 9.17) is 9.84 Å². The van der Waals surface area contributed by atoms with Gasteiger partial charge in [0.2, 0.25) is 0 Å². The lowest BCUT2D eigenvalue weighted by molar-refractivity contribution is -0.139. The number of H-pyrrole nitrogens is 1. The highest BCUT2D eigenvalue weighted by Crippen LogP contribution is 2.21. The first-order chi connectivity index (χ1) is 13.3. The molecule has 2 aromatic rings. The Hall–Kier alpha value is -3.09. The number of aromatic nitrogens is 1. The summed E-state index contributed by atoms with van der Waals surface area (Å²) < 4.78 is 5.09. The minimum Gasteiger partial charge on any atom is -0.482 e. The molecule has 0 saturated carbocycles. The highest BCUT2D eigenvalue weighted by Gasteiger charge is 2.21. The number of Topliss-reactive ketones (excluding diaryl/α,β-unsaturated/α-hetero) is 1. The highest BCUT2D eigenvalue weighted by atomic mass is 16.5. The average molecular weight is 386 g/mol. The second-order valence-corrected chi connectivity index (χ2v) is 6.62. The molecule has 2 rings (SSSR count). The van der Waals surface area contributed by atoms with Crippen molar-refractivity contribution in [3.05, 3.63) is 52.3 Å². The predicted molar refractivity (Wildman–Crippen MR) is 105 cm³/mol. The van der Waals surface area contributed by atoms with Gasteiger partial charge >= 0.3 is 5.97 Å². The molecule has 0 fully saturated rings. The SMILES string of the molecule is CCCc1c(C(=O)NCCc2ccc(OCC(=O)O)cc2)[nH]c(C)c1C(C)=O. The second-order valence-electron chi connectivity index (χ2n) is 6.62. The van der Waals surface area contributed by atoms with Gasteiger partial charge in [0.1, 0.15) is 11.4 Å². The number of carbonyl (C=O) groups is 3. The lowest BCUT2D eigenvalue weighted by Gasteiger charge is -2.08. The fourth-order valence-corrected chi connectivity index (χ4v) is 3.15. The largest absolute Gasteiger partial charge is 0.482 e. The van der Waals surface area contributed by atoms with Gasteiger partial charge in [0.25, 0.3) is 5.91 Å². The number of aryl methyl sites for hydroxylation is 1. The van der Waals surface area contributed by atoms with Crippen LogP contribution >= 0.6 is 0 Å². The Balaban J connectivity index is 1.96. The molecule has 1 amide bonds. The van der Waals surface area contributed by atoms with Gasteiger partial charge in [0, 0.05) is 17.8 Å². The smallest absolute Gasteiger partial charge is 0.341 e. The maximum atomic E-state index is 12.6. The Morgan fingerprint density at radius 2 is 1.82 bits per heavy atom. The molecule has 0 aliphatic carbocycles. The fourth-order valence-electron chi connectivity index (χ4n) is 3.15. The molecule has 0 atom stereocenters. The maximum absolute atomic E-state index is 12.6. The minimum absolute atomic E-state index is 0.0403. The molecule has 0 spiro atoms. The third kappa shape index (κ3) is 5.45. The van der Waals surface area contributed by atoms with Crippen molar-refractivity contribution in [3.8, 4) is 5.75 Å². The van der Waals surface area contributed by atoms with Crippen LogP contribution in [0.3, 0.4) is 0 Å². The van der Waals surface area contributed by atoms with Crippen molar-refractivity contribution in [3.63, 3.8) is 0 Å². The number of rotatable bonds is 10. The van der Waals surface area contributed by atoms with Crippen molar-refractivity contribution in [1.29, 1.82) is 0 Å². The lowest BCUT2D eigenvalue weighted by atomic mass is 10.0. The predicted octanol–water partition coefficient (Wildman–Crippen LogP) is 2.91. The van der Waals surface area contributed by atoms with Gasteiger partial charge < -0.3 is 20.1 Å². The number of amides is 1. The normalized spacial score (nSPS) is 10.5. The molecular weight excluding hydrogens is 360 g/mol. The first kappa shape index (κ1) is 21.2. The third-order valence-electron chi connectivity index (χ3n) is 4.36. The molecule has 150 valence electrons. The van der Waals surface area contributed by atoms with Gasteiger partial charge in [0.15, 0.2) is 12.4 Å². The summed E-state index contributed by atoms with van der Waals surface area (Å²) in [6.45, 7) is 5.39. The highest BCUT2D eigenvalue weighted by molar-refractivity contribution is 6.02. The molecule has 0 saturated heterocycles. The van der Waals surface area contributed by atoms with Crippen LogP contribution in [0.5, 0.6) is 5.75 Å². The summed E-state index contributed by atoms with van der Waals surface area (Å²) in [5, 5.41) is 11.5. The molecule has 7 heteroatoms. The first-order valence-electron chi connectivity index (χ1n) is 9.27. The van der Waals surface area contributed by atoms with E-state index in [2.05, 4.69) is 10.3 Å².